The highest BCUT2D eigenvalue weighted by molar-refractivity contribution is 7.98. The molecule has 0 radical (unpaired) electrons. The molecule has 1 N–H and O–H groups in total. The van der Waals surface area contributed by atoms with Crippen molar-refractivity contribution in [1.29, 1.82) is 0 Å². The van der Waals surface area contributed by atoms with Gasteiger partial charge in [-0.25, -0.2) is 0 Å². The molecule has 6 heteroatoms. The summed E-state index contributed by atoms with van der Waals surface area (Å²) in [6.07, 6.45) is 2.05. The molecular formula is C18H20Cl2N2OS. The summed E-state index contributed by atoms with van der Waals surface area (Å²) < 4.78 is 0. The highest BCUT2D eigenvalue weighted by Gasteiger charge is 2.19. The quantitative estimate of drug-likeness (QED) is 0.698. The molecule has 1 amide bonds. The van der Waals surface area contributed by atoms with Crippen LogP contribution < -0.4 is 5.32 Å². The highest BCUT2D eigenvalue weighted by Crippen LogP contribution is 2.25. The minimum absolute atomic E-state index is 0.109. The first-order valence-electron chi connectivity index (χ1n) is 7.50. The molecule has 1 atom stereocenters. The smallest absolute Gasteiger partial charge is 0.241 e. The summed E-state index contributed by atoms with van der Waals surface area (Å²) in [5.41, 5.74) is 1.73. The average molecular weight is 383 g/mol. The lowest BCUT2D eigenvalue weighted by Gasteiger charge is -2.24. The number of carbonyl (C=O) groups is 1. The molecule has 128 valence electrons. The first-order valence-corrected chi connectivity index (χ1v) is 9.48. The summed E-state index contributed by atoms with van der Waals surface area (Å²) in [5, 5.41) is 3.82. The number of benzene rings is 2. The summed E-state index contributed by atoms with van der Waals surface area (Å²) in [6.45, 7) is 2.56. The molecule has 3 nitrogen and oxygen atoms in total. The van der Waals surface area contributed by atoms with Crippen LogP contribution in [0.1, 0.15) is 12.5 Å². The zero-order valence-electron chi connectivity index (χ0n) is 13.8. The number of nitrogens with zero attached hydrogens (tertiary/aromatic N) is 1. The van der Waals surface area contributed by atoms with Crippen molar-refractivity contribution in [3.8, 4) is 0 Å². The minimum atomic E-state index is -0.294. The monoisotopic (exact) mass is 382 g/mol. The summed E-state index contributed by atoms with van der Waals surface area (Å²) in [7, 11) is 1.93. The average Bonchev–Trinajstić information content (AvgIpc) is 2.57. The zero-order valence-corrected chi connectivity index (χ0v) is 16.2. The van der Waals surface area contributed by atoms with E-state index in [0.717, 1.165) is 0 Å². The predicted octanol–water partition coefficient (Wildman–Crippen LogP) is 5.17. The second-order valence-electron chi connectivity index (χ2n) is 5.55. The van der Waals surface area contributed by atoms with Gasteiger partial charge in [0.15, 0.2) is 0 Å². The number of likely N-dealkylation sites (N-methyl/N-ethyl adjacent to an activating group) is 1. The van der Waals surface area contributed by atoms with E-state index in [0.29, 0.717) is 22.3 Å². The van der Waals surface area contributed by atoms with Gasteiger partial charge in [0, 0.05) is 16.5 Å². The van der Waals surface area contributed by atoms with Gasteiger partial charge in [-0.3, -0.25) is 9.69 Å². The van der Waals surface area contributed by atoms with E-state index in [-0.39, 0.29) is 11.9 Å². The van der Waals surface area contributed by atoms with Crippen LogP contribution >= 0.6 is 35.0 Å². The Morgan fingerprint density at radius 3 is 2.46 bits per heavy atom. The standard InChI is InChI=1S/C18H20Cl2N2OS/c1-12(18(23)21-17-9-6-14(19)10-16(17)20)22(2)11-13-4-7-15(24-3)8-5-13/h4-10,12H,11H2,1-3H3,(H,21,23)/t12-/m1/s1. The van der Waals surface area contributed by atoms with Crippen LogP contribution in [0.2, 0.25) is 10.0 Å². The van der Waals surface area contributed by atoms with Crippen LogP contribution in [-0.2, 0) is 11.3 Å². The van der Waals surface area contributed by atoms with Crippen molar-refractivity contribution < 1.29 is 4.79 Å². The molecular weight excluding hydrogens is 363 g/mol. The van der Waals surface area contributed by atoms with Gasteiger partial charge in [-0.1, -0.05) is 35.3 Å². The Labute approximate surface area is 157 Å². The maximum absolute atomic E-state index is 12.4. The molecule has 2 aromatic rings. The lowest BCUT2D eigenvalue weighted by atomic mass is 10.2. The Bertz CT molecular complexity index is 707. The summed E-state index contributed by atoms with van der Waals surface area (Å²) in [6, 6.07) is 13.1. The lowest BCUT2D eigenvalue weighted by molar-refractivity contribution is -0.120. The molecule has 0 heterocycles. The Balaban J connectivity index is 1.98. The summed E-state index contributed by atoms with van der Waals surface area (Å²) in [4.78, 5) is 15.7. The van der Waals surface area contributed by atoms with Gasteiger partial charge in [-0.15, -0.1) is 11.8 Å². The van der Waals surface area contributed by atoms with Gasteiger partial charge in [0.25, 0.3) is 0 Å². The van der Waals surface area contributed by atoms with Crippen LogP contribution in [0.4, 0.5) is 5.69 Å². The number of hydrogen-bond acceptors (Lipinski definition) is 3. The van der Waals surface area contributed by atoms with Crippen LogP contribution in [0, 0.1) is 0 Å². The number of rotatable bonds is 6. The molecule has 0 aliphatic heterocycles. The molecule has 0 spiro atoms. The van der Waals surface area contributed by atoms with Gasteiger partial charge < -0.3 is 5.32 Å². The van der Waals surface area contributed by atoms with E-state index in [1.165, 1.54) is 10.5 Å². The highest BCUT2D eigenvalue weighted by atomic mass is 35.5. The maximum atomic E-state index is 12.4. The molecule has 0 aromatic heterocycles. The number of thioether (sulfide) groups is 1. The second kappa shape index (κ2) is 8.77. The Hall–Kier alpha value is -1.20. The minimum Gasteiger partial charge on any atom is -0.323 e. The molecule has 2 aromatic carbocycles. The largest absolute Gasteiger partial charge is 0.323 e. The van der Waals surface area contributed by atoms with Gasteiger partial charge in [-0.2, -0.15) is 0 Å². The number of amides is 1. The first kappa shape index (κ1) is 19.1. The first-order chi connectivity index (χ1) is 11.4. The van der Waals surface area contributed by atoms with Crippen LogP contribution in [0.3, 0.4) is 0 Å². The Morgan fingerprint density at radius 1 is 1.21 bits per heavy atom. The van der Waals surface area contributed by atoms with Gasteiger partial charge in [0.05, 0.1) is 16.8 Å². The van der Waals surface area contributed by atoms with Crippen molar-refractivity contribution in [2.24, 2.45) is 0 Å². The third-order valence-electron chi connectivity index (χ3n) is 3.82. The van der Waals surface area contributed by atoms with Crippen LogP contribution in [0.5, 0.6) is 0 Å². The number of anilines is 1. The van der Waals surface area contributed by atoms with Gasteiger partial charge in [0.1, 0.15) is 0 Å². The lowest BCUT2D eigenvalue weighted by Crippen LogP contribution is -2.39. The molecule has 0 bridgehead atoms. The predicted molar refractivity (Wildman–Crippen MR) is 104 cm³/mol. The fraction of sp³-hybridized carbons (Fsp3) is 0.278. The topological polar surface area (TPSA) is 32.3 Å². The van der Waals surface area contributed by atoms with E-state index >= 15 is 0 Å². The molecule has 0 fully saturated rings. The van der Waals surface area contributed by atoms with Crippen LogP contribution in [0.15, 0.2) is 47.4 Å². The molecule has 0 saturated carbocycles. The number of hydrogen-bond donors (Lipinski definition) is 1. The van der Waals surface area contributed by atoms with Gasteiger partial charge in [-0.05, 0) is 56.1 Å². The van der Waals surface area contributed by atoms with Crippen molar-refractivity contribution in [3.05, 3.63) is 58.1 Å². The maximum Gasteiger partial charge on any atom is 0.241 e. The second-order valence-corrected chi connectivity index (χ2v) is 7.28. The van der Waals surface area contributed by atoms with E-state index < -0.39 is 0 Å². The SMILES string of the molecule is CSc1ccc(CN(C)[C@H](C)C(=O)Nc2ccc(Cl)cc2Cl)cc1. The molecule has 0 saturated heterocycles. The van der Waals surface area contributed by atoms with Crippen molar-refractivity contribution in [2.45, 2.75) is 24.4 Å². The fourth-order valence-corrected chi connectivity index (χ4v) is 3.05. The van der Waals surface area contributed by atoms with Crippen molar-refractivity contribution in [2.75, 3.05) is 18.6 Å². The molecule has 0 aliphatic rings. The van der Waals surface area contributed by atoms with E-state index in [9.17, 15) is 4.79 Å². The Kier molecular flexibility index (Phi) is 6.99. The molecule has 0 aliphatic carbocycles. The van der Waals surface area contributed by atoms with Crippen molar-refractivity contribution in [1.82, 2.24) is 4.90 Å². The van der Waals surface area contributed by atoms with E-state index in [4.69, 9.17) is 23.2 Å². The fourth-order valence-electron chi connectivity index (χ4n) is 2.18. The molecule has 24 heavy (non-hydrogen) atoms. The zero-order chi connectivity index (χ0) is 17.7. The molecule has 2 rings (SSSR count). The Morgan fingerprint density at radius 2 is 1.88 bits per heavy atom. The van der Waals surface area contributed by atoms with Gasteiger partial charge in [0.2, 0.25) is 5.91 Å². The summed E-state index contributed by atoms with van der Waals surface area (Å²) >= 11 is 13.7. The number of carbonyl (C=O) groups excluding carboxylic acids is 1. The third-order valence-corrected chi connectivity index (χ3v) is 5.11. The number of nitrogens with one attached hydrogen (secondary N) is 1. The van der Waals surface area contributed by atoms with E-state index in [1.807, 2.05) is 18.9 Å². The molecule has 0 unspecified atom stereocenters. The van der Waals surface area contributed by atoms with Crippen molar-refractivity contribution >= 4 is 46.6 Å². The van der Waals surface area contributed by atoms with Crippen molar-refractivity contribution in [3.63, 3.8) is 0 Å². The van der Waals surface area contributed by atoms with Crippen LogP contribution in [-0.4, -0.2) is 30.2 Å². The summed E-state index contributed by atoms with van der Waals surface area (Å²) in [5.74, 6) is -0.109. The van der Waals surface area contributed by atoms with Gasteiger partial charge >= 0.3 is 0 Å². The van der Waals surface area contributed by atoms with Crippen LogP contribution in [0.25, 0.3) is 0 Å². The van der Waals surface area contributed by atoms with E-state index in [1.54, 1.807) is 30.0 Å². The normalized spacial score (nSPS) is 12.2. The van der Waals surface area contributed by atoms with E-state index in [2.05, 4.69) is 35.8 Å². The third kappa shape index (κ3) is 5.15. The number of halogens is 2.